The molecule has 8 heteroatoms. The van der Waals surface area contributed by atoms with Crippen LogP contribution in [-0.4, -0.2) is 71.4 Å². The van der Waals surface area contributed by atoms with E-state index in [-0.39, 0.29) is 35.7 Å². The van der Waals surface area contributed by atoms with Crippen LogP contribution in [0.2, 0.25) is 0 Å². The van der Waals surface area contributed by atoms with E-state index in [2.05, 4.69) is 5.32 Å². The van der Waals surface area contributed by atoms with Gasteiger partial charge in [-0.2, -0.15) is 0 Å². The molecule has 0 aromatic rings. The quantitative estimate of drug-likeness (QED) is 0.631. The van der Waals surface area contributed by atoms with Crippen molar-refractivity contribution in [2.45, 2.75) is 83.2 Å². The molecular formula is C24H38ClN3O4. The maximum absolute atomic E-state index is 13.6. The highest BCUT2D eigenvalue weighted by Crippen LogP contribution is 2.42. The lowest BCUT2D eigenvalue weighted by molar-refractivity contribution is -0.144. The first-order valence-corrected chi connectivity index (χ1v) is 12.7. The summed E-state index contributed by atoms with van der Waals surface area (Å²) < 4.78 is 5.44. The van der Waals surface area contributed by atoms with Crippen LogP contribution in [0.1, 0.15) is 65.7 Å². The zero-order valence-electron chi connectivity index (χ0n) is 19.6. The fourth-order valence-electron chi connectivity index (χ4n) is 5.93. The summed E-state index contributed by atoms with van der Waals surface area (Å²) in [7, 11) is 0. The summed E-state index contributed by atoms with van der Waals surface area (Å²) in [5.41, 5.74) is -0.123. The average molecular weight is 468 g/mol. The van der Waals surface area contributed by atoms with Crippen LogP contribution < -0.4 is 5.32 Å². The van der Waals surface area contributed by atoms with Gasteiger partial charge in [-0.1, -0.05) is 20.8 Å². The number of alkyl halides is 1. The molecular weight excluding hydrogens is 430 g/mol. The number of rotatable bonds is 2. The molecule has 2 saturated heterocycles. The van der Waals surface area contributed by atoms with Gasteiger partial charge in [-0.15, -0.1) is 11.6 Å². The highest BCUT2D eigenvalue weighted by Gasteiger charge is 2.48. The van der Waals surface area contributed by atoms with Crippen LogP contribution in [0.25, 0.3) is 0 Å². The van der Waals surface area contributed by atoms with Crippen LogP contribution >= 0.6 is 11.6 Å². The van der Waals surface area contributed by atoms with Gasteiger partial charge in [-0.3, -0.25) is 9.59 Å². The van der Waals surface area contributed by atoms with E-state index < -0.39 is 12.1 Å². The number of nitrogens with zero attached hydrogens (tertiary/aromatic N) is 2. The Morgan fingerprint density at radius 1 is 1.06 bits per heavy atom. The van der Waals surface area contributed by atoms with Gasteiger partial charge in [-0.05, 0) is 62.2 Å². The summed E-state index contributed by atoms with van der Waals surface area (Å²) in [5, 5.41) is 3.45. The number of piperazine rings is 1. The molecule has 4 aliphatic rings. The Labute approximate surface area is 196 Å². The van der Waals surface area contributed by atoms with Crippen LogP contribution in [0.15, 0.2) is 0 Å². The fourth-order valence-corrected chi connectivity index (χ4v) is 6.18. The predicted octanol–water partition coefficient (Wildman–Crippen LogP) is 3.39. The molecule has 4 atom stereocenters. The standard InChI is InChI=1S/C24H38ClN3O4/c1-24(2,3)14-32-23(31)27-10-11-28-20(13-27)21(29)26-19-9-6-16(12-18(19)22(28)30)15-4-7-17(25)8-5-15/h15-20H,4-14H2,1-3H3,(H,26,29). The highest BCUT2D eigenvalue weighted by molar-refractivity contribution is 6.20. The molecule has 4 unspecified atom stereocenters. The van der Waals surface area contributed by atoms with Crippen LogP contribution in [0.3, 0.4) is 0 Å². The Hall–Kier alpha value is -1.50. The third kappa shape index (κ3) is 5.18. The molecule has 180 valence electrons. The topological polar surface area (TPSA) is 79.0 Å². The van der Waals surface area contributed by atoms with Crippen molar-refractivity contribution in [1.29, 1.82) is 0 Å². The van der Waals surface area contributed by atoms with Crippen molar-refractivity contribution in [2.24, 2.45) is 23.2 Å². The minimum Gasteiger partial charge on any atom is -0.449 e. The molecule has 0 aromatic carbocycles. The van der Waals surface area contributed by atoms with E-state index in [1.165, 1.54) is 0 Å². The predicted molar refractivity (Wildman–Crippen MR) is 122 cm³/mol. The van der Waals surface area contributed by atoms with Crippen molar-refractivity contribution >= 4 is 29.5 Å². The fraction of sp³-hybridized carbons (Fsp3) is 0.875. The van der Waals surface area contributed by atoms with E-state index in [1.54, 1.807) is 9.80 Å². The van der Waals surface area contributed by atoms with E-state index in [1.807, 2.05) is 20.8 Å². The Balaban J connectivity index is 1.41. The summed E-state index contributed by atoms with van der Waals surface area (Å²) >= 11 is 6.30. The van der Waals surface area contributed by atoms with E-state index >= 15 is 0 Å². The van der Waals surface area contributed by atoms with Gasteiger partial charge in [0.2, 0.25) is 11.8 Å². The van der Waals surface area contributed by atoms with E-state index in [0.29, 0.717) is 36.9 Å². The smallest absolute Gasteiger partial charge is 0.409 e. The number of carbonyl (C=O) groups is 3. The summed E-state index contributed by atoms with van der Waals surface area (Å²) in [6.45, 7) is 7.32. The zero-order valence-corrected chi connectivity index (χ0v) is 20.4. The Morgan fingerprint density at radius 2 is 1.75 bits per heavy atom. The van der Waals surface area contributed by atoms with Crippen molar-refractivity contribution in [1.82, 2.24) is 15.1 Å². The lowest BCUT2D eigenvalue weighted by atomic mass is 9.68. The van der Waals surface area contributed by atoms with Crippen LogP contribution in [-0.2, 0) is 14.3 Å². The van der Waals surface area contributed by atoms with Crippen molar-refractivity contribution in [3.8, 4) is 0 Å². The van der Waals surface area contributed by atoms with Crippen molar-refractivity contribution in [2.75, 3.05) is 26.2 Å². The summed E-state index contributed by atoms with van der Waals surface area (Å²) in [6.07, 6.45) is 6.78. The number of fused-ring (bicyclic) bond motifs is 2. The Morgan fingerprint density at radius 3 is 2.44 bits per heavy atom. The van der Waals surface area contributed by atoms with Crippen LogP contribution in [0.4, 0.5) is 4.79 Å². The molecule has 32 heavy (non-hydrogen) atoms. The molecule has 0 spiro atoms. The second kappa shape index (κ2) is 9.40. The van der Waals surface area contributed by atoms with Gasteiger partial charge < -0.3 is 19.9 Å². The normalized spacial score (nSPS) is 36.0. The molecule has 7 nitrogen and oxygen atoms in total. The van der Waals surface area contributed by atoms with E-state index in [0.717, 1.165) is 44.9 Å². The van der Waals surface area contributed by atoms with Gasteiger partial charge in [-0.25, -0.2) is 4.79 Å². The maximum atomic E-state index is 13.6. The number of ether oxygens (including phenoxy) is 1. The minimum atomic E-state index is -0.630. The Kier molecular flexibility index (Phi) is 6.94. The Bertz CT molecular complexity index is 731. The van der Waals surface area contributed by atoms with Gasteiger partial charge in [0.05, 0.1) is 19.1 Å². The number of carbonyl (C=O) groups excluding carboxylic acids is 3. The first-order chi connectivity index (χ1) is 15.1. The van der Waals surface area contributed by atoms with Crippen LogP contribution in [0, 0.1) is 23.2 Å². The first kappa shape index (κ1) is 23.7. The second-order valence-electron chi connectivity index (χ2n) is 11.4. The summed E-state index contributed by atoms with van der Waals surface area (Å²) in [5.74, 6) is 0.960. The summed E-state index contributed by atoms with van der Waals surface area (Å²) in [4.78, 5) is 42.5. The molecule has 0 bridgehead atoms. The SMILES string of the molecule is CC(C)(C)COC(=O)N1CCN2C(=O)C3CC(C4CCC(Cl)CC4)CCC3NC(=O)C2C1. The average Bonchev–Trinajstić information content (AvgIpc) is 2.86. The third-order valence-corrected chi connectivity index (χ3v) is 8.19. The van der Waals surface area contributed by atoms with Crippen molar-refractivity contribution in [3.63, 3.8) is 0 Å². The van der Waals surface area contributed by atoms with Gasteiger partial charge in [0, 0.05) is 24.5 Å². The number of amides is 3. The molecule has 2 heterocycles. The van der Waals surface area contributed by atoms with E-state index in [4.69, 9.17) is 16.3 Å². The second-order valence-corrected chi connectivity index (χ2v) is 12.0. The lowest BCUT2D eigenvalue weighted by Gasteiger charge is -2.42. The number of nitrogens with one attached hydrogen (secondary N) is 1. The summed E-state index contributed by atoms with van der Waals surface area (Å²) in [6, 6.07) is -0.725. The largest absolute Gasteiger partial charge is 0.449 e. The first-order valence-electron chi connectivity index (χ1n) is 12.3. The van der Waals surface area contributed by atoms with Gasteiger partial charge in [0.1, 0.15) is 6.04 Å². The number of halogens is 1. The minimum absolute atomic E-state index is 0.0804. The third-order valence-electron chi connectivity index (χ3n) is 7.76. The molecule has 2 aliphatic heterocycles. The number of hydrogen-bond donors (Lipinski definition) is 1. The molecule has 3 amide bonds. The molecule has 0 radical (unpaired) electrons. The van der Waals surface area contributed by atoms with Crippen molar-refractivity contribution in [3.05, 3.63) is 0 Å². The van der Waals surface area contributed by atoms with E-state index in [9.17, 15) is 14.4 Å². The zero-order chi connectivity index (χ0) is 23.0. The molecule has 1 N–H and O–H groups in total. The van der Waals surface area contributed by atoms with Crippen LogP contribution in [0.5, 0.6) is 0 Å². The molecule has 0 aromatic heterocycles. The highest BCUT2D eigenvalue weighted by atomic mass is 35.5. The lowest BCUT2D eigenvalue weighted by Crippen LogP contribution is -2.60. The van der Waals surface area contributed by atoms with Crippen molar-refractivity contribution < 1.29 is 19.1 Å². The number of hydrogen-bond acceptors (Lipinski definition) is 4. The van der Waals surface area contributed by atoms with Gasteiger partial charge in [0.15, 0.2) is 0 Å². The molecule has 4 fully saturated rings. The molecule has 2 aliphatic carbocycles. The monoisotopic (exact) mass is 467 g/mol. The molecule has 2 saturated carbocycles. The van der Waals surface area contributed by atoms with Gasteiger partial charge >= 0.3 is 6.09 Å². The van der Waals surface area contributed by atoms with Gasteiger partial charge in [0.25, 0.3) is 0 Å². The maximum Gasteiger partial charge on any atom is 0.409 e. The molecule has 4 rings (SSSR count).